The van der Waals surface area contributed by atoms with Crippen LogP contribution in [0.3, 0.4) is 0 Å². The van der Waals surface area contributed by atoms with Crippen molar-refractivity contribution < 1.29 is 9.59 Å². The minimum Gasteiger partial charge on any atom is -0.345 e. The molecule has 1 fully saturated rings. The summed E-state index contributed by atoms with van der Waals surface area (Å²) in [5, 5.41) is 4.61. The molecule has 1 aliphatic heterocycles. The van der Waals surface area contributed by atoms with Gasteiger partial charge in [0.1, 0.15) is 0 Å². The maximum Gasteiger partial charge on any atom is 0.227 e. The van der Waals surface area contributed by atoms with E-state index in [2.05, 4.69) is 10.2 Å². The zero-order valence-corrected chi connectivity index (χ0v) is 17.4. The molecule has 1 atom stereocenters. The Balaban J connectivity index is 1.39. The van der Waals surface area contributed by atoms with Gasteiger partial charge in [0.05, 0.1) is 5.69 Å². The number of nitrogens with zero attached hydrogens (tertiary/aromatic N) is 3. The van der Waals surface area contributed by atoms with Gasteiger partial charge in [-0.1, -0.05) is 17.7 Å². The lowest BCUT2D eigenvalue weighted by Crippen LogP contribution is -2.48. The van der Waals surface area contributed by atoms with Crippen molar-refractivity contribution in [1.29, 1.82) is 0 Å². The number of carbonyl (C=O) groups excluding carboxylic acids is 2. The van der Waals surface area contributed by atoms with Crippen molar-refractivity contribution in [2.75, 3.05) is 36.4 Å². The van der Waals surface area contributed by atoms with E-state index in [0.717, 1.165) is 62.0 Å². The molecule has 8 heteroatoms. The van der Waals surface area contributed by atoms with E-state index in [1.807, 2.05) is 17.0 Å². The van der Waals surface area contributed by atoms with Gasteiger partial charge in [0.2, 0.25) is 11.8 Å². The van der Waals surface area contributed by atoms with Crippen LogP contribution in [0.2, 0.25) is 5.02 Å². The number of aromatic nitrogens is 1. The van der Waals surface area contributed by atoms with Gasteiger partial charge in [0.15, 0.2) is 5.13 Å². The molecule has 0 spiro atoms. The molecule has 28 heavy (non-hydrogen) atoms. The fourth-order valence-electron chi connectivity index (χ4n) is 3.74. The number of anilines is 2. The highest BCUT2D eigenvalue weighted by atomic mass is 35.5. The average Bonchev–Trinajstić information content (AvgIpc) is 3.11. The SMILES string of the molecule is CC(=O)N1CCN(c2nc3c(s2)C[C@H](C(=O)Nc2cccc(Cl)c2)CC3)CC1. The number of hydrogen-bond donors (Lipinski definition) is 1. The fourth-order valence-corrected chi connectivity index (χ4v) is 5.17. The van der Waals surface area contributed by atoms with Crippen molar-refractivity contribution in [2.24, 2.45) is 5.92 Å². The van der Waals surface area contributed by atoms with Crippen LogP contribution >= 0.6 is 22.9 Å². The summed E-state index contributed by atoms with van der Waals surface area (Å²) in [7, 11) is 0. The Bertz CT molecular complexity index is 892. The van der Waals surface area contributed by atoms with E-state index in [0.29, 0.717) is 5.02 Å². The maximum atomic E-state index is 12.7. The summed E-state index contributed by atoms with van der Waals surface area (Å²) in [6.45, 7) is 4.72. The molecular formula is C20H23ClN4O2S. The van der Waals surface area contributed by atoms with Crippen LogP contribution in [0.25, 0.3) is 0 Å². The first-order valence-electron chi connectivity index (χ1n) is 9.55. The fraction of sp³-hybridized carbons (Fsp3) is 0.450. The number of halogens is 1. The van der Waals surface area contributed by atoms with Crippen molar-refractivity contribution in [3.05, 3.63) is 39.9 Å². The van der Waals surface area contributed by atoms with Crippen LogP contribution in [0.5, 0.6) is 0 Å². The summed E-state index contributed by atoms with van der Waals surface area (Å²) >= 11 is 7.69. The molecule has 148 valence electrons. The summed E-state index contributed by atoms with van der Waals surface area (Å²) in [6.07, 6.45) is 2.36. The first-order valence-corrected chi connectivity index (χ1v) is 10.7. The Morgan fingerprint density at radius 1 is 1.25 bits per heavy atom. The molecule has 1 N–H and O–H groups in total. The number of thiazole rings is 1. The van der Waals surface area contributed by atoms with Gasteiger partial charge < -0.3 is 15.1 Å². The molecule has 1 aromatic carbocycles. The standard InChI is InChI=1S/C20H23ClN4O2S/c1-13(26)24-7-9-25(10-8-24)20-23-17-6-5-14(11-18(17)28-20)19(27)22-16-4-2-3-15(21)12-16/h2-4,12,14H,5-11H2,1H3,(H,22,27)/t14-/m1/s1. The smallest absolute Gasteiger partial charge is 0.227 e. The molecule has 1 saturated heterocycles. The molecule has 4 rings (SSSR count). The van der Waals surface area contributed by atoms with Crippen LogP contribution in [0, 0.1) is 5.92 Å². The molecular weight excluding hydrogens is 396 g/mol. The third-order valence-corrected chi connectivity index (χ3v) is 6.80. The Hall–Kier alpha value is -2.12. The van der Waals surface area contributed by atoms with E-state index in [1.165, 1.54) is 4.88 Å². The quantitative estimate of drug-likeness (QED) is 0.831. The van der Waals surface area contributed by atoms with Gasteiger partial charge in [-0.25, -0.2) is 4.98 Å². The minimum atomic E-state index is -0.0469. The first-order chi connectivity index (χ1) is 13.5. The summed E-state index contributed by atoms with van der Waals surface area (Å²) in [6, 6.07) is 7.24. The predicted molar refractivity (Wildman–Crippen MR) is 112 cm³/mol. The van der Waals surface area contributed by atoms with Crippen molar-refractivity contribution in [3.8, 4) is 0 Å². The Kier molecular flexibility index (Phi) is 5.55. The molecule has 1 aromatic heterocycles. The summed E-state index contributed by atoms with van der Waals surface area (Å²) in [4.78, 5) is 34.3. The monoisotopic (exact) mass is 418 g/mol. The molecule has 0 saturated carbocycles. The van der Waals surface area contributed by atoms with Gasteiger partial charge in [0, 0.05) is 54.6 Å². The van der Waals surface area contributed by atoms with Crippen LogP contribution in [0.15, 0.2) is 24.3 Å². The van der Waals surface area contributed by atoms with Crippen LogP contribution in [-0.2, 0) is 22.4 Å². The molecule has 6 nitrogen and oxygen atoms in total. The number of benzene rings is 1. The highest BCUT2D eigenvalue weighted by Crippen LogP contribution is 2.35. The number of rotatable bonds is 3. The second kappa shape index (κ2) is 8.09. The zero-order chi connectivity index (χ0) is 19.7. The van der Waals surface area contributed by atoms with E-state index in [-0.39, 0.29) is 17.7 Å². The summed E-state index contributed by atoms with van der Waals surface area (Å²) < 4.78 is 0. The lowest BCUT2D eigenvalue weighted by Gasteiger charge is -2.33. The van der Waals surface area contributed by atoms with E-state index in [1.54, 1.807) is 30.4 Å². The molecule has 2 aliphatic rings. The van der Waals surface area contributed by atoms with Gasteiger partial charge >= 0.3 is 0 Å². The number of nitrogens with one attached hydrogen (secondary N) is 1. The minimum absolute atomic E-state index is 0.0398. The highest BCUT2D eigenvalue weighted by Gasteiger charge is 2.29. The molecule has 2 aromatic rings. The topological polar surface area (TPSA) is 65.5 Å². The molecule has 2 heterocycles. The molecule has 0 unspecified atom stereocenters. The van der Waals surface area contributed by atoms with E-state index in [4.69, 9.17) is 16.6 Å². The number of amides is 2. The van der Waals surface area contributed by atoms with Crippen LogP contribution in [0.1, 0.15) is 23.9 Å². The first kappa shape index (κ1) is 19.2. The zero-order valence-electron chi connectivity index (χ0n) is 15.8. The van der Waals surface area contributed by atoms with Crippen molar-refractivity contribution >= 4 is 45.6 Å². The van der Waals surface area contributed by atoms with E-state index in [9.17, 15) is 9.59 Å². The van der Waals surface area contributed by atoms with Gasteiger partial charge in [-0.2, -0.15) is 0 Å². The number of aryl methyl sites for hydroxylation is 1. The number of fused-ring (bicyclic) bond motifs is 1. The number of hydrogen-bond acceptors (Lipinski definition) is 5. The predicted octanol–water partition coefficient (Wildman–Crippen LogP) is 3.21. The molecule has 0 bridgehead atoms. The Morgan fingerprint density at radius 2 is 2.04 bits per heavy atom. The number of piperazine rings is 1. The third kappa shape index (κ3) is 4.15. The largest absolute Gasteiger partial charge is 0.345 e. The second-order valence-electron chi connectivity index (χ2n) is 7.30. The normalized spacial score (nSPS) is 19.3. The second-order valence-corrected chi connectivity index (χ2v) is 8.80. The van der Waals surface area contributed by atoms with Crippen molar-refractivity contribution in [3.63, 3.8) is 0 Å². The van der Waals surface area contributed by atoms with Gasteiger partial charge in [0.25, 0.3) is 0 Å². The van der Waals surface area contributed by atoms with E-state index < -0.39 is 0 Å². The average molecular weight is 419 g/mol. The molecule has 1 aliphatic carbocycles. The maximum absolute atomic E-state index is 12.7. The molecule has 0 radical (unpaired) electrons. The van der Waals surface area contributed by atoms with Gasteiger partial charge in [-0.3, -0.25) is 9.59 Å². The Morgan fingerprint density at radius 3 is 2.75 bits per heavy atom. The van der Waals surface area contributed by atoms with Crippen molar-refractivity contribution in [1.82, 2.24) is 9.88 Å². The van der Waals surface area contributed by atoms with Crippen LogP contribution < -0.4 is 10.2 Å². The lowest BCUT2D eigenvalue weighted by molar-refractivity contribution is -0.129. The molecule has 2 amide bonds. The van der Waals surface area contributed by atoms with Gasteiger partial charge in [-0.15, -0.1) is 11.3 Å². The number of carbonyl (C=O) groups is 2. The van der Waals surface area contributed by atoms with E-state index >= 15 is 0 Å². The van der Waals surface area contributed by atoms with Crippen molar-refractivity contribution in [2.45, 2.75) is 26.2 Å². The lowest BCUT2D eigenvalue weighted by atomic mass is 9.90. The van der Waals surface area contributed by atoms with Crippen LogP contribution in [0.4, 0.5) is 10.8 Å². The third-order valence-electron chi connectivity index (χ3n) is 5.39. The highest BCUT2D eigenvalue weighted by molar-refractivity contribution is 7.15. The summed E-state index contributed by atoms with van der Waals surface area (Å²) in [5.74, 6) is 0.124. The Labute approximate surface area is 173 Å². The van der Waals surface area contributed by atoms with Crippen LogP contribution in [-0.4, -0.2) is 47.9 Å². The summed E-state index contributed by atoms with van der Waals surface area (Å²) in [5.41, 5.74) is 1.86. The van der Waals surface area contributed by atoms with Gasteiger partial charge in [-0.05, 0) is 37.5 Å².